The van der Waals surface area contributed by atoms with Crippen LogP contribution in [0.1, 0.15) is 13.3 Å². The Morgan fingerprint density at radius 2 is 2.06 bits per heavy atom. The molecule has 0 aliphatic carbocycles. The average Bonchev–Trinajstić information content (AvgIpc) is 2.34. The van der Waals surface area contributed by atoms with E-state index in [0.717, 1.165) is 18.7 Å². The molecule has 0 aliphatic rings. The molecule has 1 aromatic carbocycles. The maximum atomic E-state index is 10.9. The number of nitrogens with zero attached hydrogens (tertiary/aromatic N) is 1. The van der Waals surface area contributed by atoms with Gasteiger partial charge < -0.3 is 10.5 Å². The summed E-state index contributed by atoms with van der Waals surface area (Å²) in [6, 6.07) is 9.46. The first-order valence-electron chi connectivity index (χ1n) is 5.78. The average molecular weight is 236 g/mol. The zero-order valence-electron chi connectivity index (χ0n) is 10.4. The quantitative estimate of drug-likeness (QED) is 0.725. The van der Waals surface area contributed by atoms with E-state index in [2.05, 4.69) is 0 Å². The van der Waals surface area contributed by atoms with Gasteiger partial charge in [-0.25, -0.2) is 0 Å². The smallest absolute Gasteiger partial charge is 0.234 e. The van der Waals surface area contributed by atoms with Crippen molar-refractivity contribution in [2.75, 3.05) is 20.2 Å². The molecule has 17 heavy (non-hydrogen) atoms. The third kappa shape index (κ3) is 4.87. The molecule has 4 heteroatoms. The second kappa shape index (κ2) is 6.91. The highest BCUT2D eigenvalue weighted by atomic mass is 16.5. The Balaban J connectivity index is 2.18. The van der Waals surface area contributed by atoms with E-state index in [0.29, 0.717) is 6.61 Å². The fourth-order valence-electron chi connectivity index (χ4n) is 1.43. The van der Waals surface area contributed by atoms with Crippen LogP contribution in [0.25, 0.3) is 0 Å². The highest BCUT2D eigenvalue weighted by Gasteiger charge is 2.13. The van der Waals surface area contributed by atoms with Crippen molar-refractivity contribution in [3.05, 3.63) is 30.3 Å². The van der Waals surface area contributed by atoms with E-state index in [4.69, 9.17) is 10.5 Å². The van der Waals surface area contributed by atoms with E-state index in [1.165, 1.54) is 0 Å². The predicted octanol–water partition coefficient (Wildman–Crippen LogP) is 1.26. The molecule has 1 rings (SSSR count). The Kier molecular flexibility index (Phi) is 5.49. The van der Waals surface area contributed by atoms with E-state index in [1.807, 2.05) is 42.3 Å². The van der Waals surface area contributed by atoms with Crippen LogP contribution in [-0.2, 0) is 4.79 Å². The molecule has 1 aromatic rings. The van der Waals surface area contributed by atoms with Gasteiger partial charge in [-0.1, -0.05) is 18.2 Å². The molecular formula is C13H20N2O2. The lowest BCUT2D eigenvalue weighted by Crippen LogP contribution is -2.40. The third-order valence-electron chi connectivity index (χ3n) is 2.74. The number of carbonyl (C=O) groups excluding carboxylic acids is 1. The minimum absolute atomic E-state index is 0.230. The number of hydrogen-bond acceptors (Lipinski definition) is 3. The summed E-state index contributed by atoms with van der Waals surface area (Å²) >= 11 is 0. The fraction of sp³-hybridized carbons (Fsp3) is 0.462. The van der Waals surface area contributed by atoms with Crippen LogP contribution in [0.15, 0.2) is 30.3 Å². The van der Waals surface area contributed by atoms with E-state index in [1.54, 1.807) is 6.92 Å². The van der Waals surface area contributed by atoms with Crippen LogP contribution in [-0.4, -0.2) is 37.0 Å². The highest BCUT2D eigenvalue weighted by molar-refractivity contribution is 5.79. The summed E-state index contributed by atoms with van der Waals surface area (Å²) in [5.74, 6) is 0.578. The molecule has 0 aliphatic heterocycles. The van der Waals surface area contributed by atoms with Gasteiger partial charge in [0, 0.05) is 6.54 Å². The van der Waals surface area contributed by atoms with E-state index in [-0.39, 0.29) is 11.9 Å². The molecule has 1 amide bonds. The van der Waals surface area contributed by atoms with Crippen LogP contribution in [0.4, 0.5) is 0 Å². The Hall–Kier alpha value is -1.55. The summed E-state index contributed by atoms with van der Waals surface area (Å²) < 4.78 is 5.55. The predicted molar refractivity (Wildman–Crippen MR) is 67.8 cm³/mol. The summed E-state index contributed by atoms with van der Waals surface area (Å²) in [7, 11) is 1.89. The van der Waals surface area contributed by atoms with Crippen molar-refractivity contribution in [2.24, 2.45) is 5.73 Å². The molecule has 94 valence electrons. The SMILES string of the molecule is CC(C(N)=O)N(C)CCCOc1ccccc1. The van der Waals surface area contributed by atoms with Crippen LogP contribution in [0.5, 0.6) is 5.75 Å². The number of hydrogen-bond donors (Lipinski definition) is 1. The standard InChI is InChI=1S/C13H20N2O2/c1-11(13(14)16)15(2)9-6-10-17-12-7-4-3-5-8-12/h3-5,7-8,11H,6,9-10H2,1-2H3,(H2,14,16). The minimum atomic E-state index is -0.295. The lowest BCUT2D eigenvalue weighted by Gasteiger charge is -2.21. The van der Waals surface area contributed by atoms with Crippen LogP contribution in [0.2, 0.25) is 0 Å². The Labute approximate surface area is 102 Å². The van der Waals surface area contributed by atoms with Gasteiger partial charge in [0.1, 0.15) is 5.75 Å². The Bertz CT molecular complexity index is 341. The van der Waals surface area contributed by atoms with Gasteiger partial charge in [0.05, 0.1) is 12.6 Å². The van der Waals surface area contributed by atoms with Crippen molar-refractivity contribution < 1.29 is 9.53 Å². The normalized spacial score (nSPS) is 12.4. The Morgan fingerprint density at radius 1 is 1.41 bits per heavy atom. The molecule has 2 N–H and O–H groups in total. The lowest BCUT2D eigenvalue weighted by atomic mass is 10.2. The van der Waals surface area contributed by atoms with Crippen LogP contribution >= 0.6 is 0 Å². The molecule has 0 saturated carbocycles. The number of likely N-dealkylation sites (N-methyl/N-ethyl adjacent to an activating group) is 1. The molecule has 0 spiro atoms. The molecular weight excluding hydrogens is 216 g/mol. The second-order valence-corrected chi connectivity index (χ2v) is 4.07. The molecule has 0 saturated heterocycles. The van der Waals surface area contributed by atoms with Crippen LogP contribution in [0, 0.1) is 0 Å². The first-order chi connectivity index (χ1) is 8.11. The maximum absolute atomic E-state index is 10.9. The van der Waals surface area contributed by atoms with Crippen molar-refractivity contribution in [1.29, 1.82) is 0 Å². The van der Waals surface area contributed by atoms with Gasteiger partial charge in [-0.15, -0.1) is 0 Å². The molecule has 1 atom stereocenters. The van der Waals surface area contributed by atoms with Crippen molar-refractivity contribution in [3.63, 3.8) is 0 Å². The maximum Gasteiger partial charge on any atom is 0.234 e. The number of nitrogens with two attached hydrogens (primary N) is 1. The van der Waals surface area contributed by atoms with Gasteiger partial charge in [0.25, 0.3) is 0 Å². The number of para-hydroxylation sites is 1. The summed E-state index contributed by atoms with van der Waals surface area (Å²) in [4.78, 5) is 12.9. The monoisotopic (exact) mass is 236 g/mol. The highest BCUT2D eigenvalue weighted by Crippen LogP contribution is 2.08. The zero-order valence-corrected chi connectivity index (χ0v) is 10.4. The van der Waals surface area contributed by atoms with Crippen LogP contribution < -0.4 is 10.5 Å². The minimum Gasteiger partial charge on any atom is -0.494 e. The van der Waals surface area contributed by atoms with Gasteiger partial charge in [0.15, 0.2) is 0 Å². The molecule has 0 bridgehead atoms. The summed E-state index contributed by atoms with van der Waals surface area (Å²) in [5.41, 5.74) is 5.22. The Morgan fingerprint density at radius 3 is 2.65 bits per heavy atom. The van der Waals surface area contributed by atoms with E-state index in [9.17, 15) is 4.79 Å². The number of primary amides is 1. The molecule has 0 aromatic heterocycles. The largest absolute Gasteiger partial charge is 0.494 e. The van der Waals surface area contributed by atoms with Crippen molar-refractivity contribution >= 4 is 5.91 Å². The summed E-state index contributed by atoms with van der Waals surface area (Å²) in [6.07, 6.45) is 0.864. The number of amides is 1. The number of benzene rings is 1. The van der Waals surface area contributed by atoms with Gasteiger partial charge >= 0.3 is 0 Å². The summed E-state index contributed by atoms with van der Waals surface area (Å²) in [6.45, 7) is 3.23. The molecule has 1 unspecified atom stereocenters. The zero-order chi connectivity index (χ0) is 12.7. The van der Waals surface area contributed by atoms with Crippen molar-refractivity contribution in [2.45, 2.75) is 19.4 Å². The lowest BCUT2D eigenvalue weighted by molar-refractivity contribution is -0.122. The summed E-state index contributed by atoms with van der Waals surface area (Å²) in [5, 5.41) is 0. The third-order valence-corrected chi connectivity index (χ3v) is 2.74. The van der Waals surface area contributed by atoms with Gasteiger partial charge in [-0.05, 0) is 32.5 Å². The van der Waals surface area contributed by atoms with Crippen molar-refractivity contribution in [3.8, 4) is 5.75 Å². The number of rotatable bonds is 7. The van der Waals surface area contributed by atoms with Gasteiger partial charge in [-0.3, -0.25) is 9.69 Å². The van der Waals surface area contributed by atoms with Crippen molar-refractivity contribution in [1.82, 2.24) is 4.90 Å². The first kappa shape index (κ1) is 13.5. The first-order valence-corrected chi connectivity index (χ1v) is 5.78. The van der Waals surface area contributed by atoms with Gasteiger partial charge in [0.2, 0.25) is 5.91 Å². The molecule has 0 heterocycles. The molecule has 0 radical (unpaired) electrons. The topological polar surface area (TPSA) is 55.6 Å². The number of ether oxygens (including phenoxy) is 1. The second-order valence-electron chi connectivity index (χ2n) is 4.07. The van der Waals surface area contributed by atoms with E-state index >= 15 is 0 Å². The van der Waals surface area contributed by atoms with Gasteiger partial charge in [-0.2, -0.15) is 0 Å². The molecule has 0 fully saturated rings. The molecule has 4 nitrogen and oxygen atoms in total. The number of carbonyl (C=O) groups is 1. The van der Waals surface area contributed by atoms with E-state index < -0.39 is 0 Å². The van der Waals surface area contributed by atoms with Crippen LogP contribution in [0.3, 0.4) is 0 Å². The fourth-order valence-corrected chi connectivity index (χ4v) is 1.43.